The Morgan fingerprint density at radius 3 is 2.09 bits per heavy atom. The summed E-state index contributed by atoms with van der Waals surface area (Å²) in [6, 6.07) is 21.7. The molecule has 1 aromatic heterocycles. The molecule has 3 aliphatic rings. The standard InChI is InChI=1S/C35H42N4O4/c1-35(2,3)43-34(41)39-21-25-19-27(20-26(25)22-39)38-17-15-23(16-18-38)31-14-13-30(33(36)40)32(37-31)24-9-11-29(12-10-24)42-28-7-5-4-6-8-28/h4-14,23,25-27H,15-22H2,1-3H3,(H2,36,40)/t25-,26+,27?. The molecular formula is C35H42N4O4. The molecule has 2 aliphatic heterocycles. The van der Waals surface area contributed by atoms with Crippen LogP contribution in [-0.4, -0.2) is 64.6 Å². The van der Waals surface area contributed by atoms with Crippen molar-refractivity contribution < 1.29 is 19.1 Å². The lowest BCUT2D eigenvalue weighted by Gasteiger charge is -2.36. The second kappa shape index (κ2) is 12.0. The smallest absolute Gasteiger partial charge is 0.410 e. The zero-order valence-corrected chi connectivity index (χ0v) is 25.4. The van der Waals surface area contributed by atoms with Gasteiger partial charge in [-0.05, 0) is 120 Å². The highest BCUT2D eigenvalue weighted by Crippen LogP contribution is 2.42. The fraction of sp³-hybridized carbons (Fsp3) is 0.457. The van der Waals surface area contributed by atoms with E-state index in [2.05, 4.69) is 4.90 Å². The number of likely N-dealkylation sites (tertiary alicyclic amines) is 2. The molecule has 1 saturated carbocycles. The van der Waals surface area contributed by atoms with Crippen molar-refractivity contribution in [2.45, 2.75) is 64.0 Å². The number of aromatic nitrogens is 1. The Hall–Kier alpha value is -3.91. The molecule has 3 fully saturated rings. The van der Waals surface area contributed by atoms with Crippen molar-refractivity contribution in [2.75, 3.05) is 26.2 Å². The van der Waals surface area contributed by atoms with E-state index in [1.54, 1.807) is 0 Å². The number of nitrogens with two attached hydrogens (primary N) is 1. The van der Waals surface area contributed by atoms with Crippen LogP contribution in [0, 0.1) is 11.8 Å². The van der Waals surface area contributed by atoms with E-state index in [0.717, 1.165) is 68.9 Å². The summed E-state index contributed by atoms with van der Waals surface area (Å²) in [7, 11) is 0. The minimum atomic E-state index is -0.481. The summed E-state index contributed by atoms with van der Waals surface area (Å²) in [5.74, 6) is 2.46. The highest BCUT2D eigenvalue weighted by Gasteiger charge is 2.45. The van der Waals surface area contributed by atoms with Gasteiger partial charge in [-0.3, -0.25) is 9.78 Å². The normalized spacial score (nSPS) is 22.8. The van der Waals surface area contributed by atoms with Gasteiger partial charge in [-0.2, -0.15) is 0 Å². The summed E-state index contributed by atoms with van der Waals surface area (Å²) in [4.78, 5) is 34.4. The summed E-state index contributed by atoms with van der Waals surface area (Å²) < 4.78 is 11.5. The van der Waals surface area contributed by atoms with Gasteiger partial charge in [0, 0.05) is 36.3 Å². The number of nitrogens with zero attached hydrogens (tertiary/aromatic N) is 3. The number of ether oxygens (including phenoxy) is 2. The largest absolute Gasteiger partial charge is 0.457 e. The first kappa shape index (κ1) is 29.2. The van der Waals surface area contributed by atoms with Gasteiger partial charge in [0.2, 0.25) is 0 Å². The van der Waals surface area contributed by atoms with E-state index >= 15 is 0 Å². The van der Waals surface area contributed by atoms with Gasteiger partial charge in [-0.1, -0.05) is 18.2 Å². The van der Waals surface area contributed by atoms with Crippen molar-refractivity contribution in [3.63, 3.8) is 0 Å². The minimum absolute atomic E-state index is 0.176. The molecule has 3 atom stereocenters. The second-order valence-electron chi connectivity index (χ2n) is 13.3. The fourth-order valence-corrected chi connectivity index (χ4v) is 7.03. The Morgan fingerprint density at radius 2 is 1.49 bits per heavy atom. The molecule has 226 valence electrons. The van der Waals surface area contributed by atoms with Gasteiger partial charge in [-0.25, -0.2) is 4.79 Å². The Bertz CT molecular complexity index is 1430. The van der Waals surface area contributed by atoms with Crippen LogP contribution < -0.4 is 10.5 Å². The van der Waals surface area contributed by atoms with Crippen molar-refractivity contribution in [1.29, 1.82) is 0 Å². The number of fused-ring (bicyclic) bond motifs is 1. The molecule has 3 aromatic rings. The lowest BCUT2D eigenvalue weighted by atomic mass is 9.91. The van der Waals surface area contributed by atoms with Crippen molar-refractivity contribution >= 4 is 12.0 Å². The number of amides is 2. The zero-order chi connectivity index (χ0) is 30.1. The van der Waals surface area contributed by atoms with Gasteiger partial charge < -0.3 is 25.0 Å². The lowest BCUT2D eigenvalue weighted by molar-refractivity contribution is 0.0272. The van der Waals surface area contributed by atoms with Crippen LogP contribution in [0.2, 0.25) is 0 Å². The van der Waals surface area contributed by atoms with Crippen molar-refractivity contribution in [2.24, 2.45) is 17.6 Å². The third-order valence-corrected chi connectivity index (χ3v) is 9.13. The third-order valence-electron chi connectivity index (χ3n) is 9.13. The molecule has 8 nitrogen and oxygen atoms in total. The van der Waals surface area contributed by atoms with Crippen molar-refractivity contribution in [3.8, 4) is 22.8 Å². The van der Waals surface area contributed by atoms with Gasteiger partial charge in [0.15, 0.2) is 0 Å². The molecule has 3 heterocycles. The molecule has 1 unspecified atom stereocenters. The van der Waals surface area contributed by atoms with Crippen LogP contribution in [0.4, 0.5) is 4.79 Å². The first-order valence-corrected chi connectivity index (χ1v) is 15.5. The van der Waals surface area contributed by atoms with E-state index in [4.69, 9.17) is 20.2 Å². The molecule has 2 saturated heterocycles. The maximum atomic E-state index is 12.6. The van der Waals surface area contributed by atoms with E-state index in [1.807, 2.05) is 92.4 Å². The van der Waals surface area contributed by atoms with Crippen LogP contribution in [0.3, 0.4) is 0 Å². The molecule has 0 spiro atoms. The number of para-hydroxylation sites is 1. The van der Waals surface area contributed by atoms with Crippen molar-refractivity contribution in [1.82, 2.24) is 14.8 Å². The van der Waals surface area contributed by atoms with Crippen LogP contribution in [0.1, 0.15) is 68.4 Å². The summed E-state index contributed by atoms with van der Waals surface area (Å²) in [5, 5.41) is 0. The molecule has 0 radical (unpaired) electrons. The summed E-state index contributed by atoms with van der Waals surface area (Å²) in [5.41, 5.74) is 8.20. The Kier molecular flexibility index (Phi) is 8.14. The average Bonchev–Trinajstić information content (AvgIpc) is 3.57. The highest BCUT2D eigenvalue weighted by atomic mass is 16.6. The summed E-state index contributed by atoms with van der Waals surface area (Å²) >= 11 is 0. The van der Waals surface area contributed by atoms with Gasteiger partial charge in [0.05, 0.1) is 11.3 Å². The van der Waals surface area contributed by atoms with E-state index in [-0.39, 0.29) is 6.09 Å². The predicted molar refractivity (Wildman–Crippen MR) is 166 cm³/mol. The third kappa shape index (κ3) is 6.69. The first-order chi connectivity index (χ1) is 20.6. The van der Waals surface area contributed by atoms with Crippen LogP contribution in [0.25, 0.3) is 11.3 Å². The molecule has 6 rings (SSSR count). The molecule has 1 aliphatic carbocycles. The van der Waals surface area contributed by atoms with Crippen LogP contribution >= 0.6 is 0 Å². The van der Waals surface area contributed by atoms with Gasteiger partial charge >= 0.3 is 6.09 Å². The molecule has 2 aromatic carbocycles. The molecule has 2 N–H and O–H groups in total. The Morgan fingerprint density at radius 1 is 0.860 bits per heavy atom. The number of piperidine rings is 1. The van der Waals surface area contributed by atoms with Crippen LogP contribution in [0.5, 0.6) is 11.5 Å². The molecule has 43 heavy (non-hydrogen) atoms. The molecule has 8 heteroatoms. The zero-order valence-electron chi connectivity index (χ0n) is 25.4. The summed E-state index contributed by atoms with van der Waals surface area (Å²) in [6.45, 7) is 9.45. The monoisotopic (exact) mass is 582 g/mol. The number of primary amides is 1. The molecule has 2 amide bonds. The number of carbonyl (C=O) groups is 2. The minimum Gasteiger partial charge on any atom is -0.457 e. The number of carbonyl (C=O) groups excluding carboxylic acids is 2. The van der Waals surface area contributed by atoms with Crippen LogP contribution in [-0.2, 0) is 4.74 Å². The summed E-state index contributed by atoms with van der Waals surface area (Å²) in [6.07, 6.45) is 4.18. The van der Waals surface area contributed by atoms with Gasteiger partial charge in [0.25, 0.3) is 5.91 Å². The van der Waals surface area contributed by atoms with Gasteiger partial charge in [-0.15, -0.1) is 0 Å². The van der Waals surface area contributed by atoms with E-state index < -0.39 is 11.5 Å². The van der Waals surface area contributed by atoms with Gasteiger partial charge in [0.1, 0.15) is 17.1 Å². The average molecular weight is 583 g/mol. The highest BCUT2D eigenvalue weighted by molar-refractivity contribution is 5.98. The van der Waals surface area contributed by atoms with E-state index in [0.29, 0.717) is 40.8 Å². The van der Waals surface area contributed by atoms with E-state index in [9.17, 15) is 9.59 Å². The van der Waals surface area contributed by atoms with Crippen LogP contribution in [0.15, 0.2) is 66.7 Å². The number of pyridine rings is 1. The number of hydrogen-bond acceptors (Lipinski definition) is 6. The topological polar surface area (TPSA) is 98.0 Å². The molecular weight excluding hydrogens is 540 g/mol. The Balaban J connectivity index is 1.07. The SMILES string of the molecule is CC(C)(C)OC(=O)N1C[C@H]2CC(N3CCC(c4ccc(C(N)=O)c(-c5ccc(Oc6ccccc6)cc5)n4)CC3)C[C@H]2C1. The first-order valence-electron chi connectivity index (χ1n) is 15.5. The number of benzene rings is 2. The maximum Gasteiger partial charge on any atom is 0.410 e. The Labute approximate surface area is 254 Å². The predicted octanol–water partition coefficient (Wildman–Crippen LogP) is 6.46. The maximum absolute atomic E-state index is 12.6. The molecule has 0 bridgehead atoms. The van der Waals surface area contributed by atoms with E-state index in [1.165, 1.54) is 0 Å². The van der Waals surface area contributed by atoms with Crippen molar-refractivity contribution in [3.05, 3.63) is 78.0 Å². The lowest BCUT2D eigenvalue weighted by Crippen LogP contribution is -2.41. The number of rotatable bonds is 6. The quantitative estimate of drug-likeness (QED) is 0.358. The fourth-order valence-electron chi connectivity index (χ4n) is 7.03. The second-order valence-corrected chi connectivity index (χ2v) is 13.3. The number of hydrogen-bond donors (Lipinski definition) is 1.